The molecule has 0 radical (unpaired) electrons. The predicted octanol–water partition coefficient (Wildman–Crippen LogP) is 2.64. The maximum absolute atomic E-state index is 11.9. The van der Waals surface area contributed by atoms with Crippen molar-refractivity contribution in [1.82, 2.24) is 9.13 Å². The number of nitrogens with two attached hydrogens (primary N) is 2. The van der Waals surface area contributed by atoms with Crippen LogP contribution in [0.15, 0.2) is 56.9 Å². The van der Waals surface area contributed by atoms with E-state index in [2.05, 4.69) is 20.5 Å². The van der Waals surface area contributed by atoms with Crippen molar-refractivity contribution < 1.29 is 50.1 Å². The van der Waals surface area contributed by atoms with Crippen LogP contribution < -0.4 is 21.7 Å². The number of non-ortho nitro benzene ring substituents is 2. The van der Waals surface area contributed by atoms with Gasteiger partial charge in [0.05, 0.1) is 20.9 Å². The van der Waals surface area contributed by atoms with Crippen LogP contribution in [-0.4, -0.2) is 31.0 Å². The Bertz CT molecular complexity index is 1570. The van der Waals surface area contributed by atoms with E-state index in [1.165, 1.54) is 59.6 Å². The van der Waals surface area contributed by atoms with E-state index in [0.29, 0.717) is 21.8 Å². The number of carbonyl (C=O) groups excluding carboxylic acids is 2. The Labute approximate surface area is 230 Å². The molecule has 2 aromatic carbocycles. The summed E-state index contributed by atoms with van der Waals surface area (Å²) in [6.45, 7) is 0. The zero-order valence-corrected chi connectivity index (χ0v) is 21.3. The molecule has 0 aliphatic rings. The smallest absolute Gasteiger partial charge is 0.858 e. The van der Waals surface area contributed by atoms with Crippen LogP contribution in [0.5, 0.6) is 11.8 Å². The third-order valence-electron chi connectivity index (χ3n) is 5.13. The minimum Gasteiger partial charge on any atom is -0.858 e. The molecular weight excluding hydrogens is 615 g/mol. The van der Waals surface area contributed by atoms with Crippen molar-refractivity contribution in [1.29, 1.82) is 0 Å². The summed E-state index contributed by atoms with van der Waals surface area (Å²) in [6.07, 6.45) is 0. The summed E-state index contributed by atoms with van der Waals surface area (Å²) >= 11 is 0. The summed E-state index contributed by atoms with van der Waals surface area (Å²) in [5, 5.41) is 59.0. The van der Waals surface area contributed by atoms with Gasteiger partial charge in [0.25, 0.3) is 11.4 Å². The van der Waals surface area contributed by atoms with E-state index in [9.17, 15) is 40.0 Å². The SMILES string of the molecule is Cn1c([O-])c(N=NC(N)=O)c2ccc([N+](=O)[O-])cc21.Cn1c([O-])c(N=NC(N)=O)c2ccc([N+](=O)[O-])cc21.[Pd+2]. The summed E-state index contributed by atoms with van der Waals surface area (Å²) in [5.41, 5.74) is 9.83. The average molecular weight is 631 g/mol. The van der Waals surface area contributed by atoms with Crippen molar-refractivity contribution in [3.05, 3.63) is 56.6 Å². The van der Waals surface area contributed by atoms with Crippen molar-refractivity contribution in [3.63, 3.8) is 0 Å². The first-order chi connectivity index (χ1) is 17.8. The minimum atomic E-state index is -1.03. The molecule has 4 N–H and O–H groups in total. The maximum Gasteiger partial charge on any atom is 2.00 e. The number of amides is 4. The molecule has 0 saturated carbocycles. The number of rotatable bonds is 4. The second-order valence-electron chi connectivity index (χ2n) is 7.42. The number of nitro benzene ring substituents is 2. The summed E-state index contributed by atoms with van der Waals surface area (Å²) < 4.78 is 2.38. The van der Waals surface area contributed by atoms with E-state index < -0.39 is 33.7 Å². The van der Waals surface area contributed by atoms with Crippen LogP contribution in [0.3, 0.4) is 0 Å². The van der Waals surface area contributed by atoms with Crippen molar-refractivity contribution in [2.24, 2.45) is 46.0 Å². The normalized spacial score (nSPS) is 10.9. The Morgan fingerprint density at radius 2 is 1.08 bits per heavy atom. The number of urea groups is 2. The molecular formula is C20H16N10O8Pd. The number of carbonyl (C=O) groups is 2. The van der Waals surface area contributed by atoms with E-state index in [1.807, 2.05) is 0 Å². The van der Waals surface area contributed by atoms with Gasteiger partial charge in [-0.15, -0.1) is 10.2 Å². The molecule has 0 atom stereocenters. The molecule has 0 bridgehead atoms. The maximum atomic E-state index is 11.9. The number of benzene rings is 2. The molecule has 0 fully saturated rings. The standard InChI is InChI=1S/2C10H9N5O4.Pd/c2*1-14-7-4-5(15(18)19)2-3-6(7)8(9(14)16)12-13-10(11)17;/h2*2-4,16H,1H3,(H2,11,17);/q;;+2/p-2. The van der Waals surface area contributed by atoms with Crippen molar-refractivity contribution >= 4 is 56.6 Å². The first-order valence-corrected chi connectivity index (χ1v) is 10.1. The summed E-state index contributed by atoms with van der Waals surface area (Å²) in [5.74, 6) is -1.03. The van der Waals surface area contributed by atoms with Gasteiger partial charge in [0.15, 0.2) is 0 Å². The van der Waals surface area contributed by atoms with Gasteiger partial charge in [-0.05, 0) is 23.9 Å². The Morgan fingerprint density at radius 3 is 1.36 bits per heavy atom. The molecule has 19 heteroatoms. The monoisotopic (exact) mass is 630 g/mol. The number of primary amides is 2. The molecule has 0 unspecified atom stereocenters. The van der Waals surface area contributed by atoms with Gasteiger partial charge in [-0.3, -0.25) is 20.2 Å². The van der Waals surface area contributed by atoms with Crippen molar-refractivity contribution in [2.75, 3.05) is 0 Å². The number of hydrogen-bond donors (Lipinski definition) is 2. The molecule has 4 aromatic rings. The predicted molar refractivity (Wildman–Crippen MR) is 126 cm³/mol. The van der Waals surface area contributed by atoms with Gasteiger partial charge in [0, 0.05) is 49.1 Å². The third-order valence-corrected chi connectivity index (χ3v) is 5.13. The van der Waals surface area contributed by atoms with Crippen LogP contribution in [0.4, 0.5) is 32.3 Å². The Kier molecular flexibility index (Phi) is 9.10. The van der Waals surface area contributed by atoms with E-state index in [4.69, 9.17) is 11.5 Å². The number of nitrogens with zero attached hydrogens (tertiary/aromatic N) is 8. The first kappa shape index (κ1) is 29.9. The van der Waals surface area contributed by atoms with E-state index in [1.54, 1.807) is 0 Å². The number of hydrogen-bond acceptors (Lipinski definition) is 10. The molecule has 4 rings (SSSR count). The third kappa shape index (κ3) is 6.18. The number of aromatic nitrogens is 2. The molecule has 2 heterocycles. The Morgan fingerprint density at radius 1 is 0.744 bits per heavy atom. The molecule has 2 aromatic heterocycles. The van der Waals surface area contributed by atoms with Crippen LogP contribution in [0.1, 0.15) is 0 Å². The fourth-order valence-corrected chi connectivity index (χ4v) is 3.38. The molecule has 0 aliphatic heterocycles. The molecule has 0 aliphatic carbocycles. The Hall–Kier alpha value is -5.28. The number of nitro groups is 2. The van der Waals surface area contributed by atoms with Gasteiger partial charge in [-0.25, -0.2) is 9.59 Å². The van der Waals surface area contributed by atoms with E-state index in [-0.39, 0.29) is 43.2 Å². The van der Waals surface area contributed by atoms with E-state index in [0.717, 1.165) is 0 Å². The fourth-order valence-electron chi connectivity index (χ4n) is 3.38. The van der Waals surface area contributed by atoms with Crippen LogP contribution in [-0.2, 0) is 34.5 Å². The van der Waals surface area contributed by atoms with Crippen LogP contribution >= 0.6 is 0 Å². The zero-order chi connectivity index (χ0) is 28.3. The number of azo groups is 2. The average Bonchev–Trinajstić information content (AvgIpc) is 3.25. The topological polar surface area (TPSA) is 278 Å². The molecule has 4 amide bonds. The minimum absolute atomic E-state index is 0. The van der Waals surface area contributed by atoms with Gasteiger partial charge in [-0.2, -0.15) is 0 Å². The van der Waals surface area contributed by atoms with Crippen LogP contribution in [0, 0.1) is 20.2 Å². The summed E-state index contributed by atoms with van der Waals surface area (Å²) in [6, 6.07) is 5.68. The number of aryl methyl sites for hydroxylation is 2. The second-order valence-corrected chi connectivity index (χ2v) is 7.42. The quantitative estimate of drug-likeness (QED) is 0.146. The van der Waals surface area contributed by atoms with Gasteiger partial charge < -0.3 is 30.8 Å². The van der Waals surface area contributed by atoms with Gasteiger partial charge in [-0.1, -0.05) is 10.2 Å². The summed E-state index contributed by atoms with van der Waals surface area (Å²) in [4.78, 5) is 41.3. The van der Waals surface area contributed by atoms with Gasteiger partial charge in [0.2, 0.25) is 0 Å². The molecule has 0 saturated heterocycles. The zero-order valence-electron chi connectivity index (χ0n) is 19.8. The van der Waals surface area contributed by atoms with Crippen molar-refractivity contribution in [3.8, 4) is 11.8 Å². The van der Waals surface area contributed by atoms with E-state index >= 15 is 0 Å². The first-order valence-electron chi connectivity index (χ1n) is 10.1. The largest absolute Gasteiger partial charge is 2.00 e. The number of fused-ring (bicyclic) bond motifs is 2. The molecule has 0 spiro atoms. The van der Waals surface area contributed by atoms with Crippen molar-refractivity contribution in [2.45, 2.75) is 0 Å². The van der Waals surface area contributed by atoms with Crippen LogP contribution in [0.2, 0.25) is 0 Å². The summed E-state index contributed by atoms with van der Waals surface area (Å²) in [7, 11) is 2.88. The molecule has 39 heavy (non-hydrogen) atoms. The van der Waals surface area contributed by atoms with Gasteiger partial charge in [0.1, 0.15) is 11.4 Å². The molecule has 18 nitrogen and oxygen atoms in total. The second kappa shape index (κ2) is 11.8. The van der Waals surface area contributed by atoms with Gasteiger partial charge >= 0.3 is 32.5 Å². The molecule has 204 valence electrons. The van der Waals surface area contributed by atoms with Crippen LogP contribution in [0.25, 0.3) is 21.8 Å². The Balaban J connectivity index is 0.000000267. The fraction of sp³-hybridized carbons (Fsp3) is 0.100.